The van der Waals surface area contributed by atoms with Crippen molar-refractivity contribution in [2.75, 3.05) is 18.5 Å². The molecule has 1 saturated heterocycles. The minimum Gasteiger partial charge on any atom is -0.378 e. The summed E-state index contributed by atoms with van der Waals surface area (Å²) in [6.45, 7) is 4.71. The van der Waals surface area contributed by atoms with Gasteiger partial charge in [0.25, 0.3) is 5.69 Å². The molecule has 2 rings (SSSR count). The maximum absolute atomic E-state index is 10.7. The fourth-order valence-electron chi connectivity index (χ4n) is 1.76. The Hall–Kier alpha value is -1.37. The number of benzene rings is 1. The van der Waals surface area contributed by atoms with Crippen molar-refractivity contribution < 1.29 is 14.4 Å². The summed E-state index contributed by atoms with van der Waals surface area (Å²) in [5.74, 6) is -0.564. The van der Waals surface area contributed by atoms with Crippen LogP contribution in [-0.4, -0.2) is 30.0 Å². The molecule has 1 aliphatic rings. The zero-order chi connectivity index (χ0) is 14.0. The molecule has 0 spiro atoms. The Morgan fingerprint density at radius 3 is 2.58 bits per heavy atom. The van der Waals surface area contributed by atoms with Crippen LogP contribution in [0.15, 0.2) is 18.2 Å². The zero-order valence-electron chi connectivity index (χ0n) is 10.7. The van der Waals surface area contributed by atoms with Crippen molar-refractivity contribution in [3.8, 4) is 0 Å². The SMILES string of the molecule is CC1(C)OCC(Nc2ccc([N+](=O)[O-])c(Cl)c2)CO1. The number of ether oxygens (including phenoxy) is 2. The third-order valence-electron chi connectivity index (χ3n) is 2.78. The molecule has 0 aliphatic carbocycles. The molecule has 0 unspecified atom stereocenters. The van der Waals surface area contributed by atoms with E-state index in [1.807, 2.05) is 13.8 Å². The van der Waals surface area contributed by atoms with Gasteiger partial charge >= 0.3 is 0 Å². The Bertz CT molecular complexity index is 483. The second-order valence-corrected chi connectivity index (χ2v) is 5.19. The van der Waals surface area contributed by atoms with Crippen molar-refractivity contribution in [2.24, 2.45) is 0 Å². The lowest BCUT2D eigenvalue weighted by molar-refractivity contribution is -0.384. The monoisotopic (exact) mass is 286 g/mol. The average molecular weight is 287 g/mol. The highest BCUT2D eigenvalue weighted by Gasteiger charge is 2.28. The number of rotatable bonds is 3. The highest BCUT2D eigenvalue weighted by Crippen LogP contribution is 2.28. The van der Waals surface area contributed by atoms with Crippen molar-refractivity contribution >= 4 is 23.0 Å². The quantitative estimate of drug-likeness (QED) is 0.683. The van der Waals surface area contributed by atoms with Gasteiger partial charge in [0.15, 0.2) is 5.79 Å². The number of hydrogen-bond acceptors (Lipinski definition) is 5. The summed E-state index contributed by atoms with van der Waals surface area (Å²) in [5, 5.41) is 13.9. The first-order valence-corrected chi connectivity index (χ1v) is 6.23. The van der Waals surface area contributed by atoms with Crippen molar-refractivity contribution in [2.45, 2.75) is 25.7 Å². The molecule has 0 amide bonds. The molecule has 1 fully saturated rings. The van der Waals surface area contributed by atoms with Crippen molar-refractivity contribution in [1.29, 1.82) is 0 Å². The number of anilines is 1. The molecule has 104 valence electrons. The Morgan fingerprint density at radius 1 is 1.42 bits per heavy atom. The lowest BCUT2D eigenvalue weighted by Crippen LogP contribution is -2.45. The van der Waals surface area contributed by atoms with Crippen LogP contribution in [0.4, 0.5) is 11.4 Å². The standard InChI is InChI=1S/C12H15ClN2O4/c1-12(2)18-6-9(7-19-12)14-8-3-4-11(15(16)17)10(13)5-8/h3-5,9,14H,6-7H2,1-2H3. The highest BCUT2D eigenvalue weighted by molar-refractivity contribution is 6.32. The van der Waals surface area contributed by atoms with E-state index in [4.69, 9.17) is 21.1 Å². The van der Waals surface area contributed by atoms with E-state index in [1.165, 1.54) is 12.1 Å². The van der Waals surface area contributed by atoms with Crippen molar-refractivity contribution in [1.82, 2.24) is 0 Å². The number of nitro benzene ring substituents is 1. The molecule has 1 N–H and O–H groups in total. The molecule has 1 aromatic carbocycles. The predicted octanol–water partition coefficient (Wildman–Crippen LogP) is 2.81. The molecule has 0 bridgehead atoms. The second kappa shape index (κ2) is 5.32. The molecule has 1 heterocycles. The maximum atomic E-state index is 10.7. The van der Waals surface area contributed by atoms with Crippen LogP contribution in [-0.2, 0) is 9.47 Å². The molecule has 7 heteroatoms. The number of hydrogen-bond donors (Lipinski definition) is 1. The van der Waals surface area contributed by atoms with Gasteiger partial charge in [-0.05, 0) is 26.0 Å². The summed E-state index contributed by atoms with van der Waals surface area (Å²) in [5.41, 5.74) is 0.594. The Morgan fingerprint density at radius 2 is 2.05 bits per heavy atom. The van der Waals surface area contributed by atoms with Crippen molar-refractivity contribution in [3.63, 3.8) is 0 Å². The third kappa shape index (κ3) is 3.56. The summed E-state index contributed by atoms with van der Waals surface area (Å²) in [6, 6.07) is 4.51. The van der Waals surface area contributed by atoms with E-state index in [2.05, 4.69) is 5.32 Å². The van der Waals surface area contributed by atoms with Gasteiger partial charge in [0.2, 0.25) is 0 Å². The lowest BCUT2D eigenvalue weighted by atomic mass is 10.2. The lowest BCUT2D eigenvalue weighted by Gasteiger charge is -2.35. The van der Waals surface area contributed by atoms with Crippen LogP contribution in [0.3, 0.4) is 0 Å². The van der Waals surface area contributed by atoms with Crippen LogP contribution >= 0.6 is 11.6 Å². The van der Waals surface area contributed by atoms with Gasteiger partial charge in [-0.1, -0.05) is 11.6 Å². The number of nitrogens with one attached hydrogen (secondary N) is 1. The molecule has 19 heavy (non-hydrogen) atoms. The maximum Gasteiger partial charge on any atom is 0.288 e. The molecule has 0 radical (unpaired) electrons. The van der Waals surface area contributed by atoms with Crippen LogP contribution in [0.1, 0.15) is 13.8 Å². The fourth-order valence-corrected chi connectivity index (χ4v) is 2.01. The van der Waals surface area contributed by atoms with E-state index < -0.39 is 10.7 Å². The van der Waals surface area contributed by atoms with Gasteiger partial charge in [0.05, 0.1) is 24.2 Å². The van der Waals surface area contributed by atoms with E-state index >= 15 is 0 Å². The minimum absolute atomic E-state index is 0.00875. The molecule has 0 aromatic heterocycles. The Labute approximate surface area is 115 Å². The van der Waals surface area contributed by atoms with Crippen LogP contribution in [0.25, 0.3) is 0 Å². The summed E-state index contributed by atoms with van der Waals surface area (Å²) in [4.78, 5) is 10.1. The van der Waals surface area contributed by atoms with Gasteiger partial charge in [0, 0.05) is 11.8 Å². The molecular formula is C12H15ClN2O4. The van der Waals surface area contributed by atoms with Gasteiger partial charge in [-0.2, -0.15) is 0 Å². The molecule has 6 nitrogen and oxygen atoms in total. The Kier molecular flexibility index (Phi) is 3.93. The van der Waals surface area contributed by atoms with E-state index in [-0.39, 0.29) is 16.8 Å². The fraction of sp³-hybridized carbons (Fsp3) is 0.500. The smallest absolute Gasteiger partial charge is 0.288 e. The van der Waals surface area contributed by atoms with Crippen LogP contribution in [0.2, 0.25) is 5.02 Å². The zero-order valence-corrected chi connectivity index (χ0v) is 11.4. The largest absolute Gasteiger partial charge is 0.378 e. The average Bonchev–Trinajstić information content (AvgIpc) is 2.31. The van der Waals surface area contributed by atoms with Gasteiger partial charge in [0.1, 0.15) is 5.02 Å². The van der Waals surface area contributed by atoms with E-state index in [1.54, 1.807) is 6.07 Å². The predicted molar refractivity (Wildman–Crippen MR) is 71.5 cm³/mol. The summed E-state index contributed by atoms with van der Waals surface area (Å²) in [6.07, 6.45) is 0. The number of nitro groups is 1. The number of halogens is 1. The molecule has 1 aromatic rings. The van der Waals surface area contributed by atoms with E-state index in [9.17, 15) is 10.1 Å². The summed E-state index contributed by atoms with van der Waals surface area (Å²) < 4.78 is 11.0. The molecule has 0 atom stereocenters. The highest BCUT2D eigenvalue weighted by atomic mass is 35.5. The van der Waals surface area contributed by atoms with Crippen LogP contribution in [0.5, 0.6) is 0 Å². The number of nitrogens with zero attached hydrogens (tertiary/aromatic N) is 1. The van der Waals surface area contributed by atoms with E-state index in [0.717, 1.165) is 0 Å². The van der Waals surface area contributed by atoms with Gasteiger partial charge in [-0.3, -0.25) is 10.1 Å². The van der Waals surface area contributed by atoms with Crippen molar-refractivity contribution in [3.05, 3.63) is 33.3 Å². The van der Waals surface area contributed by atoms with E-state index in [0.29, 0.717) is 18.9 Å². The normalized spacial score (nSPS) is 19.1. The second-order valence-electron chi connectivity index (χ2n) is 4.79. The Balaban J connectivity index is 2.01. The minimum atomic E-state index is -0.564. The van der Waals surface area contributed by atoms with Gasteiger partial charge in [-0.15, -0.1) is 0 Å². The summed E-state index contributed by atoms with van der Waals surface area (Å²) >= 11 is 5.84. The first-order valence-electron chi connectivity index (χ1n) is 5.86. The molecule has 0 saturated carbocycles. The van der Waals surface area contributed by atoms with Crippen LogP contribution in [0, 0.1) is 10.1 Å². The van der Waals surface area contributed by atoms with Crippen LogP contribution < -0.4 is 5.32 Å². The molecular weight excluding hydrogens is 272 g/mol. The van der Waals surface area contributed by atoms with Gasteiger partial charge < -0.3 is 14.8 Å². The molecule has 1 aliphatic heterocycles. The first-order chi connectivity index (χ1) is 8.87. The third-order valence-corrected chi connectivity index (χ3v) is 3.08. The topological polar surface area (TPSA) is 73.6 Å². The van der Waals surface area contributed by atoms with Gasteiger partial charge in [-0.25, -0.2) is 0 Å². The summed E-state index contributed by atoms with van der Waals surface area (Å²) in [7, 11) is 0. The first kappa shape index (κ1) is 14.0.